The van der Waals surface area contributed by atoms with Gasteiger partial charge in [-0.15, -0.1) is 0 Å². The summed E-state index contributed by atoms with van der Waals surface area (Å²) in [5.74, 6) is 1.87. The van der Waals surface area contributed by atoms with Crippen LogP contribution in [-0.2, 0) is 0 Å². The molecule has 12 nitrogen and oxygen atoms in total. The second-order valence-electron chi connectivity index (χ2n) is 32.9. The van der Waals surface area contributed by atoms with Crippen LogP contribution in [-0.4, -0.2) is 28.7 Å². The van der Waals surface area contributed by atoms with Crippen molar-refractivity contribution in [3.8, 4) is 62.6 Å². The number of hydrogen-bond donors (Lipinski definition) is 0. The summed E-state index contributed by atoms with van der Waals surface area (Å²) in [6.07, 6.45) is 0. The van der Waals surface area contributed by atoms with Gasteiger partial charge in [-0.25, -0.2) is 15.0 Å². The lowest BCUT2D eigenvalue weighted by atomic mass is 10.0. The van der Waals surface area contributed by atoms with Crippen molar-refractivity contribution in [2.24, 2.45) is 0 Å². The number of rotatable bonds is 16. The maximum atomic E-state index is 6.06. The van der Waals surface area contributed by atoms with Gasteiger partial charge in [-0.2, -0.15) is 0 Å². The lowest BCUT2D eigenvalue weighted by molar-refractivity contribution is 0.619. The Morgan fingerprint density at radius 1 is 0.183 bits per heavy atom. The van der Waals surface area contributed by atoms with Crippen LogP contribution in [0.25, 0.3) is 161 Å². The fraction of sp³-hybridized carbons (Fsp3) is 0.0168. The summed E-state index contributed by atoms with van der Waals surface area (Å²) in [6, 6.07) is 163. The second kappa shape index (κ2) is 33.7. The molecule has 12 heteroatoms. The molecule has 0 fully saturated rings. The van der Waals surface area contributed by atoms with Gasteiger partial charge >= 0.3 is 0 Å². The number of benzene rings is 19. The fourth-order valence-corrected chi connectivity index (χ4v) is 18.4. The molecule has 25 aromatic rings. The van der Waals surface area contributed by atoms with Crippen LogP contribution in [0.4, 0.5) is 51.2 Å². The molecule has 0 saturated carbocycles. The molecule has 0 amide bonds. The van der Waals surface area contributed by atoms with Crippen LogP contribution < -0.4 is 14.7 Å². The fourth-order valence-electron chi connectivity index (χ4n) is 18.4. The van der Waals surface area contributed by atoms with Gasteiger partial charge in [-0.1, -0.05) is 206 Å². The largest absolute Gasteiger partial charge is 0.436 e. The summed E-state index contributed by atoms with van der Waals surface area (Å²) in [5.41, 5.74) is 32.9. The van der Waals surface area contributed by atoms with E-state index in [-0.39, 0.29) is 0 Å². The van der Waals surface area contributed by atoms with Crippen molar-refractivity contribution in [3.63, 3.8) is 0 Å². The summed E-state index contributed by atoms with van der Waals surface area (Å²) in [6.45, 7) is 4.22. The van der Waals surface area contributed by atoms with Crippen LogP contribution in [0.2, 0.25) is 0 Å². The zero-order valence-corrected chi connectivity index (χ0v) is 71.7. The molecule has 622 valence electrons. The monoisotopic (exact) mass is 1690 g/mol. The average molecular weight is 1690 g/mol. The van der Waals surface area contributed by atoms with Crippen molar-refractivity contribution >= 4 is 150 Å². The van der Waals surface area contributed by atoms with Gasteiger partial charge in [-0.3, -0.25) is 0 Å². The molecule has 0 unspecified atom stereocenters. The molecule has 0 radical (unpaired) electrons. The molecular formula is C119H83N9O3. The Morgan fingerprint density at radius 2 is 0.443 bits per heavy atom. The lowest BCUT2D eigenvalue weighted by Gasteiger charge is -2.26. The van der Waals surface area contributed by atoms with Crippen molar-refractivity contribution in [2.75, 3.05) is 14.7 Å². The maximum absolute atomic E-state index is 6.06. The van der Waals surface area contributed by atoms with Crippen LogP contribution in [0.1, 0.15) is 11.1 Å². The minimum absolute atomic E-state index is 0.621. The number of oxazole rings is 3. The third-order valence-electron chi connectivity index (χ3n) is 24.6. The number of nitrogens with zero attached hydrogens (tertiary/aromatic N) is 9. The minimum atomic E-state index is 0.621. The number of aromatic nitrogens is 6. The van der Waals surface area contributed by atoms with E-state index in [9.17, 15) is 0 Å². The SMILES string of the molecule is Cc1ccc2c(c1)c1ccccc1n2-c1ccc(N(c2ccccc2)c2ccc(-c3nc4ccccc4o3)cc2)cc1.Cc1ccc2oc(-c3ccc(N(c4ccccc4)c4ccc(-n5c6ccccc6c6ccccc65)cc4)cc3)nc2c1.c1ccc(-c2ccc3c(c2)c2ccccc2n3-c2ccc(N(c3ccccc3)c3ccc(-c4nc5ccccc5o4)cc3)cc2)cc1. The van der Waals surface area contributed by atoms with E-state index in [0.717, 1.165) is 118 Å². The van der Waals surface area contributed by atoms with E-state index in [1.165, 1.54) is 87.7 Å². The van der Waals surface area contributed by atoms with Gasteiger partial charge in [0.1, 0.15) is 16.6 Å². The van der Waals surface area contributed by atoms with E-state index in [1.807, 2.05) is 78.9 Å². The predicted molar refractivity (Wildman–Crippen MR) is 540 cm³/mol. The van der Waals surface area contributed by atoms with Crippen molar-refractivity contribution in [3.05, 3.63) is 478 Å². The lowest BCUT2D eigenvalue weighted by Crippen LogP contribution is -2.10. The molecule has 0 bridgehead atoms. The highest BCUT2D eigenvalue weighted by molar-refractivity contribution is 6.12. The van der Waals surface area contributed by atoms with Crippen molar-refractivity contribution in [1.29, 1.82) is 0 Å². The number of hydrogen-bond acceptors (Lipinski definition) is 9. The number of anilines is 9. The van der Waals surface area contributed by atoms with Crippen molar-refractivity contribution < 1.29 is 13.3 Å². The minimum Gasteiger partial charge on any atom is -0.436 e. The van der Waals surface area contributed by atoms with Crippen molar-refractivity contribution in [2.45, 2.75) is 13.8 Å². The first-order valence-electron chi connectivity index (χ1n) is 44.1. The smallest absolute Gasteiger partial charge is 0.227 e. The predicted octanol–water partition coefficient (Wildman–Crippen LogP) is 32.5. The molecule has 6 aromatic heterocycles. The van der Waals surface area contributed by atoms with Gasteiger partial charge < -0.3 is 41.7 Å². The molecular weight excluding hydrogens is 1600 g/mol. The van der Waals surface area contributed by atoms with Crippen LogP contribution >= 0.6 is 0 Å². The van der Waals surface area contributed by atoms with Crippen LogP contribution in [0.5, 0.6) is 0 Å². The van der Waals surface area contributed by atoms with E-state index in [1.54, 1.807) is 0 Å². The summed E-state index contributed by atoms with van der Waals surface area (Å²) in [4.78, 5) is 20.9. The Bertz CT molecular complexity index is 8300. The highest BCUT2D eigenvalue weighted by atomic mass is 16.4. The molecule has 0 aliphatic rings. The maximum Gasteiger partial charge on any atom is 0.227 e. The highest BCUT2D eigenvalue weighted by Crippen LogP contribution is 2.45. The standard InChI is InChI=1S/C43H29N3O.2C38H27N3O/c1-3-11-30(12-4-1)32-21-28-41-38(29-32)37-15-7-9-17-40(37)46(41)36-26-24-35(25-27-36)45(33-13-5-2-6-14-33)34-22-19-31(20-23-34)43-44-39-16-8-10-18-42(39)47-43;1-26-15-24-36-33(25-26)32-11-5-7-13-35(32)41(36)31-22-20-30(21-23-31)40(28-9-3-2-4-10-28)29-18-16-27(17-19-29)38-39-34-12-6-8-14-37(34)42-38;1-26-15-24-37-34(25-26)39-38(42-37)27-16-18-29(19-17-27)40(28-9-3-2-4-10-28)30-20-22-31(23-21-30)41-35-13-7-5-11-32(35)33-12-6-8-14-36(33)41/h1-29H;2*2-25H,1H3. The number of para-hydroxylation sites is 11. The van der Waals surface area contributed by atoms with Gasteiger partial charge in [-0.05, 0) is 297 Å². The summed E-state index contributed by atoms with van der Waals surface area (Å²) in [5, 5.41) is 7.56. The van der Waals surface area contributed by atoms with E-state index < -0.39 is 0 Å². The number of aryl methyl sites for hydroxylation is 2. The molecule has 6 heterocycles. The Morgan fingerprint density at radius 3 is 0.817 bits per heavy atom. The molecule has 0 saturated heterocycles. The van der Waals surface area contributed by atoms with E-state index in [4.69, 9.17) is 18.2 Å². The van der Waals surface area contributed by atoms with Gasteiger partial charge in [0.15, 0.2) is 16.7 Å². The molecule has 131 heavy (non-hydrogen) atoms. The van der Waals surface area contributed by atoms with Crippen LogP contribution in [0, 0.1) is 13.8 Å². The zero-order chi connectivity index (χ0) is 87.2. The first kappa shape index (κ1) is 78.1. The quantitative estimate of drug-likeness (QED) is 0.0936. The normalized spacial score (nSPS) is 11.4. The van der Waals surface area contributed by atoms with Gasteiger partial charge in [0.05, 0.1) is 33.1 Å². The Kier molecular flexibility index (Phi) is 20.1. The van der Waals surface area contributed by atoms with E-state index >= 15 is 0 Å². The van der Waals surface area contributed by atoms with Gasteiger partial charge in [0.2, 0.25) is 17.7 Å². The van der Waals surface area contributed by atoms with Gasteiger partial charge in [0, 0.05) is 117 Å². The van der Waals surface area contributed by atoms with Crippen molar-refractivity contribution in [1.82, 2.24) is 28.7 Å². The summed E-state index contributed by atoms with van der Waals surface area (Å²) in [7, 11) is 0. The molecule has 0 spiro atoms. The first-order chi connectivity index (χ1) is 64.7. The summed E-state index contributed by atoms with van der Waals surface area (Å²) >= 11 is 0. The Labute approximate surface area is 756 Å². The molecule has 0 atom stereocenters. The van der Waals surface area contributed by atoms with E-state index in [2.05, 4.69) is 440 Å². The average Bonchev–Trinajstić information content (AvgIpc) is 1.65. The Balaban J connectivity index is 0.000000112. The summed E-state index contributed by atoms with van der Waals surface area (Å²) < 4.78 is 25.2. The zero-order valence-electron chi connectivity index (χ0n) is 71.7. The van der Waals surface area contributed by atoms with E-state index in [0.29, 0.717) is 17.7 Å². The van der Waals surface area contributed by atoms with Crippen LogP contribution in [0.15, 0.2) is 480 Å². The first-order valence-corrected chi connectivity index (χ1v) is 44.1. The third-order valence-corrected chi connectivity index (χ3v) is 24.6. The third kappa shape index (κ3) is 14.9. The molecule has 0 aliphatic heterocycles. The molecule has 19 aromatic carbocycles. The number of fused-ring (bicyclic) bond motifs is 12. The highest BCUT2D eigenvalue weighted by Gasteiger charge is 2.23. The second-order valence-corrected chi connectivity index (χ2v) is 32.9. The van der Waals surface area contributed by atoms with Gasteiger partial charge in [0.25, 0.3) is 0 Å². The molecule has 25 rings (SSSR count). The molecule has 0 aliphatic carbocycles. The van der Waals surface area contributed by atoms with Crippen LogP contribution in [0.3, 0.4) is 0 Å². The topological polar surface area (TPSA) is 103 Å². The molecule has 0 N–H and O–H groups in total. The Hall–Kier alpha value is -17.6.